The van der Waals surface area contributed by atoms with Crippen LogP contribution < -0.4 is 4.74 Å². The monoisotopic (exact) mass is 326 g/mol. The minimum Gasteiger partial charge on any atom is -0.490 e. The van der Waals surface area contributed by atoms with Crippen LogP contribution in [0.3, 0.4) is 0 Å². The van der Waals surface area contributed by atoms with E-state index in [1.54, 1.807) is 4.68 Å². The highest BCUT2D eigenvalue weighted by Crippen LogP contribution is 2.25. The van der Waals surface area contributed by atoms with Gasteiger partial charge in [0.25, 0.3) is 0 Å². The lowest BCUT2D eigenvalue weighted by Gasteiger charge is -2.19. The van der Waals surface area contributed by atoms with Crippen LogP contribution in [-0.4, -0.2) is 38.0 Å². The number of ether oxygens (including phenoxy) is 1. The third-order valence-electron chi connectivity index (χ3n) is 3.77. The highest BCUT2D eigenvalue weighted by atomic mass is 16.5. The Morgan fingerprint density at radius 1 is 1.12 bits per heavy atom. The first kappa shape index (κ1) is 16.4. The fourth-order valence-corrected chi connectivity index (χ4v) is 2.62. The normalized spacial score (nSPS) is 13.2. The molecule has 0 aliphatic heterocycles. The zero-order valence-corrected chi connectivity index (χ0v) is 14.2. The van der Waals surface area contributed by atoms with Crippen LogP contribution in [0, 0.1) is 0 Å². The van der Waals surface area contributed by atoms with Crippen LogP contribution in [0.4, 0.5) is 0 Å². The van der Waals surface area contributed by atoms with Crippen molar-refractivity contribution in [2.24, 2.45) is 0 Å². The molecular weight excluding hydrogens is 304 g/mol. The van der Waals surface area contributed by atoms with Gasteiger partial charge in [-0.25, -0.2) is 4.68 Å². The van der Waals surface area contributed by atoms with Crippen molar-refractivity contribution in [2.75, 3.05) is 6.61 Å². The van der Waals surface area contributed by atoms with E-state index in [1.165, 1.54) is 0 Å². The first-order valence-electron chi connectivity index (χ1n) is 8.00. The Kier molecular flexibility index (Phi) is 4.49. The van der Waals surface area contributed by atoms with Gasteiger partial charge in [-0.3, -0.25) is 0 Å². The smallest absolute Gasteiger partial charge is 0.156 e. The van der Waals surface area contributed by atoms with Crippen molar-refractivity contribution < 1.29 is 9.84 Å². The lowest BCUT2D eigenvalue weighted by atomic mass is 9.96. The maximum Gasteiger partial charge on any atom is 0.156 e. The zero-order valence-electron chi connectivity index (χ0n) is 14.2. The van der Waals surface area contributed by atoms with Crippen molar-refractivity contribution in [2.45, 2.75) is 38.8 Å². The zero-order chi connectivity index (χ0) is 17.2. The molecular formula is C18H22N4O2. The average Bonchev–Trinajstić information content (AvgIpc) is 3.01. The van der Waals surface area contributed by atoms with Gasteiger partial charge < -0.3 is 9.84 Å². The summed E-state index contributed by atoms with van der Waals surface area (Å²) in [6.07, 6.45) is -0.700. The number of tetrazole rings is 1. The fourth-order valence-electron chi connectivity index (χ4n) is 2.62. The van der Waals surface area contributed by atoms with Crippen LogP contribution in [-0.2, 0) is 12.0 Å². The second-order valence-corrected chi connectivity index (χ2v) is 6.88. The molecule has 0 bridgehead atoms. The van der Waals surface area contributed by atoms with E-state index in [4.69, 9.17) is 4.74 Å². The number of fused-ring (bicyclic) bond motifs is 1. The molecule has 3 aromatic rings. The number of nitrogens with zero attached hydrogens (tertiary/aromatic N) is 4. The van der Waals surface area contributed by atoms with Gasteiger partial charge in [0.05, 0.1) is 6.54 Å². The second kappa shape index (κ2) is 6.57. The summed E-state index contributed by atoms with van der Waals surface area (Å²) in [7, 11) is 0. The van der Waals surface area contributed by atoms with E-state index >= 15 is 0 Å². The number of hydrogen-bond donors (Lipinski definition) is 1. The van der Waals surface area contributed by atoms with Crippen LogP contribution >= 0.6 is 0 Å². The summed E-state index contributed by atoms with van der Waals surface area (Å²) in [6.45, 7) is 6.58. The molecule has 0 saturated carbocycles. The predicted octanol–water partition coefficient (Wildman–Crippen LogP) is 2.56. The summed E-state index contributed by atoms with van der Waals surface area (Å²) in [5.74, 6) is 1.51. The van der Waals surface area contributed by atoms with E-state index in [1.807, 2.05) is 63.2 Å². The predicted molar refractivity (Wildman–Crippen MR) is 92.0 cm³/mol. The molecule has 24 heavy (non-hydrogen) atoms. The summed E-state index contributed by atoms with van der Waals surface area (Å²) in [4.78, 5) is 0. The van der Waals surface area contributed by atoms with E-state index in [0.29, 0.717) is 6.54 Å². The molecule has 0 amide bonds. The van der Waals surface area contributed by atoms with Crippen LogP contribution in [0.2, 0.25) is 0 Å². The van der Waals surface area contributed by atoms with Crippen molar-refractivity contribution in [1.29, 1.82) is 0 Å². The molecule has 0 aliphatic carbocycles. The highest BCUT2D eigenvalue weighted by molar-refractivity contribution is 5.88. The van der Waals surface area contributed by atoms with Crippen LogP contribution in [0.15, 0.2) is 42.5 Å². The molecule has 1 atom stereocenters. The minimum atomic E-state index is -0.700. The third-order valence-corrected chi connectivity index (χ3v) is 3.77. The number of rotatable bonds is 5. The fraction of sp³-hybridized carbons (Fsp3) is 0.389. The summed E-state index contributed by atoms with van der Waals surface area (Å²) in [5.41, 5.74) is -0.181. The summed E-state index contributed by atoms with van der Waals surface area (Å²) >= 11 is 0. The van der Waals surface area contributed by atoms with Gasteiger partial charge >= 0.3 is 0 Å². The standard InChI is InChI=1S/C18H22N4O2/c1-18(2,3)17-19-20-21-22(17)11-14(23)12-24-16-10-6-8-13-7-4-5-9-15(13)16/h4-10,14,23H,11-12H2,1-3H3/t14-/m1/s1. The highest BCUT2D eigenvalue weighted by Gasteiger charge is 2.23. The number of aromatic nitrogens is 4. The number of benzene rings is 2. The Morgan fingerprint density at radius 3 is 2.67 bits per heavy atom. The van der Waals surface area contributed by atoms with Crippen LogP contribution in [0.5, 0.6) is 5.75 Å². The maximum atomic E-state index is 10.3. The largest absolute Gasteiger partial charge is 0.490 e. The number of aliphatic hydroxyl groups is 1. The third kappa shape index (κ3) is 3.54. The summed E-state index contributed by atoms with van der Waals surface area (Å²) in [5, 5.41) is 24.2. The average molecular weight is 326 g/mol. The summed E-state index contributed by atoms with van der Waals surface area (Å²) < 4.78 is 7.46. The summed E-state index contributed by atoms with van der Waals surface area (Å²) in [6, 6.07) is 13.9. The van der Waals surface area contributed by atoms with Gasteiger partial charge in [0.15, 0.2) is 5.82 Å². The Bertz CT molecular complexity index is 818. The molecule has 1 aromatic heterocycles. The van der Waals surface area contributed by atoms with Gasteiger partial charge in [-0.2, -0.15) is 0 Å². The number of aliphatic hydroxyl groups excluding tert-OH is 1. The van der Waals surface area contributed by atoms with Crippen LogP contribution in [0.25, 0.3) is 10.8 Å². The molecule has 6 heteroatoms. The Labute approximate surface area is 141 Å². The topological polar surface area (TPSA) is 73.1 Å². The SMILES string of the molecule is CC(C)(C)c1nnnn1C[C@@H](O)COc1cccc2ccccc12. The van der Waals surface area contributed by atoms with E-state index < -0.39 is 6.10 Å². The molecule has 0 radical (unpaired) electrons. The Hall–Kier alpha value is -2.47. The van der Waals surface area contributed by atoms with E-state index in [-0.39, 0.29) is 12.0 Å². The van der Waals surface area contributed by atoms with Crippen molar-refractivity contribution >= 4 is 10.8 Å². The van der Waals surface area contributed by atoms with Crippen molar-refractivity contribution in [3.8, 4) is 5.75 Å². The molecule has 3 rings (SSSR count). The van der Waals surface area contributed by atoms with Gasteiger partial charge in [0.1, 0.15) is 18.5 Å². The first-order valence-corrected chi connectivity index (χ1v) is 8.00. The van der Waals surface area contributed by atoms with Crippen molar-refractivity contribution in [3.05, 3.63) is 48.3 Å². The molecule has 0 fully saturated rings. The van der Waals surface area contributed by atoms with Gasteiger partial charge in [-0.05, 0) is 21.9 Å². The molecule has 0 unspecified atom stereocenters. The lowest BCUT2D eigenvalue weighted by molar-refractivity contribution is 0.0878. The van der Waals surface area contributed by atoms with Crippen LogP contribution in [0.1, 0.15) is 26.6 Å². The molecule has 1 heterocycles. The van der Waals surface area contributed by atoms with Crippen molar-refractivity contribution in [3.63, 3.8) is 0 Å². The maximum absolute atomic E-state index is 10.3. The first-order chi connectivity index (χ1) is 11.4. The lowest BCUT2D eigenvalue weighted by Crippen LogP contribution is -2.28. The second-order valence-electron chi connectivity index (χ2n) is 6.88. The van der Waals surface area contributed by atoms with E-state index in [9.17, 15) is 5.11 Å². The van der Waals surface area contributed by atoms with E-state index in [2.05, 4.69) is 15.5 Å². The van der Waals surface area contributed by atoms with Gasteiger partial charge in [-0.15, -0.1) is 5.10 Å². The van der Waals surface area contributed by atoms with Crippen molar-refractivity contribution in [1.82, 2.24) is 20.2 Å². The number of hydrogen-bond acceptors (Lipinski definition) is 5. The van der Waals surface area contributed by atoms with Gasteiger partial charge in [0.2, 0.25) is 0 Å². The molecule has 0 spiro atoms. The van der Waals surface area contributed by atoms with E-state index in [0.717, 1.165) is 22.3 Å². The molecule has 126 valence electrons. The van der Waals surface area contributed by atoms with Gasteiger partial charge in [-0.1, -0.05) is 57.2 Å². The Balaban J connectivity index is 1.68. The quantitative estimate of drug-likeness (QED) is 0.780. The minimum absolute atomic E-state index is 0.178. The molecule has 1 N–H and O–H groups in total. The molecule has 0 saturated heterocycles. The molecule has 0 aliphatic rings. The Morgan fingerprint density at radius 2 is 1.88 bits per heavy atom. The van der Waals surface area contributed by atoms with Gasteiger partial charge in [0, 0.05) is 10.8 Å². The molecule has 6 nitrogen and oxygen atoms in total. The molecule has 2 aromatic carbocycles.